The van der Waals surface area contributed by atoms with Crippen LogP contribution in [0.25, 0.3) is 0 Å². The Bertz CT molecular complexity index is 705. The van der Waals surface area contributed by atoms with Gasteiger partial charge in [0.05, 0.1) is 5.56 Å². The van der Waals surface area contributed by atoms with Gasteiger partial charge in [-0.1, -0.05) is 24.6 Å². The lowest BCUT2D eigenvalue weighted by molar-refractivity contribution is -0.123. The lowest BCUT2D eigenvalue weighted by atomic mass is 9.97. The molecule has 4 nitrogen and oxygen atoms in total. The van der Waals surface area contributed by atoms with Gasteiger partial charge in [-0.2, -0.15) is 0 Å². The monoisotopic (exact) mass is 341 g/mol. The topological polar surface area (TPSA) is 55.4 Å². The summed E-state index contributed by atoms with van der Waals surface area (Å²) in [5.41, 5.74) is 4.31. The molecule has 0 fully saturated rings. The van der Waals surface area contributed by atoms with E-state index in [1.165, 1.54) is 18.4 Å². The van der Waals surface area contributed by atoms with Crippen LogP contribution in [0.2, 0.25) is 0 Å². The fourth-order valence-corrected chi connectivity index (χ4v) is 3.92. The molecule has 25 heavy (non-hydrogen) atoms. The average Bonchev–Trinajstić information content (AvgIpc) is 2.91. The largest absolute Gasteiger partial charge is 0.483 e. The molecule has 1 aromatic rings. The summed E-state index contributed by atoms with van der Waals surface area (Å²) in [5, 5.41) is 2.91. The van der Waals surface area contributed by atoms with Gasteiger partial charge < -0.3 is 10.1 Å². The van der Waals surface area contributed by atoms with E-state index in [9.17, 15) is 9.59 Å². The van der Waals surface area contributed by atoms with Crippen LogP contribution in [0, 0.1) is 6.92 Å². The van der Waals surface area contributed by atoms with E-state index in [4.69, 9.17) is 4.74 Å². The number of aryl methyl sites for hydroxylation is 1. The van der Waals surface area contributed by atoms with Gasteiger partial charge in [-0.3, -0.25) is 9.59 Å². The van der Waals surface area contributed by atoms with Crippen molar-refractivity contribution in [3.05, 3.63) is 40.5 Å². The number of allylic oxidation sites excluding steroid dienone is 1. The minimum Gasteiger partial charge on any atom is -0.483 e. The maximum atomic E-state index is 12.3. The number of carbonyl (C=O) groups is 2. The number of amides is 1. The first-order valence-electron chi connectivity index (χ1n) is 9.30. The Kier molecular flexibility index (Phi) is 5.57. The van der Waals surface area contributed by atoms with Crippen molar-refractivity contribution in [1.29, 1.82) is 0 Å². The first kappa shape index (κ1) is 17.7. The molecule has 3 rings (SSSR count). The van der Waals surface area contributed by atoms with E-state index in [1.807, 2.05) is 19.1 Å². The molecule has 0 unspecified atom stereocenters. The molecule has 0 spiro atoms. The van der Waals surface area contributed by atoms with Gasteiger partial charge in [-0.15, -0.1) is 0 Å². The molecular weight excluding hydrogens is 314 g/mol. The normalized spacial score (nSPS) is 19.4. The van der Waals surface area contributed by atoms with E-state index in [1.54, 1.807) is 0 Å². The molecule has 1 N–H and O–H groups in total. The number of ether oxygens (including phenoxy) is 1. The van der Waals surface area contributed by atoms with E-state index >= 15 is 0 Å². The van der Waals surface area contributed by atoms with Gasteiger partial charge in [0.25, 0.3) is 5.91 Å². The van der Waals surface area contributed by atoms with Crippen molar-refractivity contribution in [2.45, 2.75) is 58.3 Å². The van der Waals surface area contributed by atoms with Gasteiger partial charge in [0, 0.05) is 13.0 Å². The zero-order valence-electron chi connectivity index (χ0n) is 15.2. The zero-order chi connectivity index (χ0) is 17.8. The highest BCUT2D eigenvalue weighted by Crippen LogP contribution is 2.40. The third-order valence-electron chi connectivity index (χ3n) is 5.20. The summed E-state index contributed by atoms with van der Waals surface area (Å²) < 4.78 is 5.68. The maximum Gasteiger partial charge on any atom is 0.257 e. The quantitative estimate of drug-likeness (QED) is 0.794. The summed E-state index contributed by atoms with van der Waals surface area (Å²) in [4.78, 5) is 24.3. The Morgan fingerprint density at radius 1 is 1.32 bits per heavy atom. The van der Waals surface area contributed by atoms with Crippen LogP contribution in [-0.2, 0) is 4.79 Å². The van der Waals surface area contributed by atoms with Crippen molar-refractivity contribution >= 4 is 11.7 Å². The molecule has 4 heteroatoms. The Hall–Kier alpha value is -2.10. The minimum absolute atomic E-state index is 0.0454. The molecule has 0 aromatic heterocycles. The highest BCUT2D eigenvalue weighted by molar-refractivity contribution is 6.04. The molecule has 1 atom stereocenters. The van der Waals surface area contributed by atoms with Crippen LogP contribution in [0.5, 0.6) is 5.75 Å². The number of hydrogen-bond donors (Lipinski definition) is 1. The molecule has 0 saturated carbocycles. The van der Waals surface area contributed by atoms with Crippen LogP contribution in [0.3, 0.4) is 0 Å². The van der Waals surface area contributed by atoms with Gasteiger partial charge in [0.1, 0.15) is 5.75 Å². The van der Waals surface area contributed by atoms with Crippen molar-refractivity contribution in [3.63, 3.8) is 0 Å². The zero-order valence-corrected chi connectivity index (χ0v) is 15.2. The predicted molar refractivity (Wildman–Crippen MR) is 98.2 cm³/mol. The summed E-state index contributed by atoms with van der Waals surface area (Å²) in [5.74, 6) is 0.749. The summed E-state index contributed by atoms with van der Waals surface area (Å²) in [6.45, 7) is 4.68. The Balaban J connectivity index is 1.53. The van der Waals surface area contributed by atoms with Gasteiger partial charge in [-0.05, 0) is 62.1 Å². The lowest BCUT2D eigenvalue weighted by Crippen LogP contribution is -2.30. The number of Topliss-reactive ketones (excluding diaryl/α,β-unsaturated/α-hetero) is 1. The predicted octanol–water partition coefficient (Wildman–Crippen LogP) is 4.07. The van der Waals surface area contributed by atoms with Crippen LogP contribution in [0.4, 0.5) is 0 Å². The maximum absolute atomic E-state index is 12.3. The van der Waals surface area contributed by atoms with Gasteiger partial charge in [0.2, 0.25) is 0 Å². The van der Waals surface area contributed by atoms with Crippen molar-refractivity contribution in [3.8, 4) is 5.75 Å². The van der Waals surface area contributed by atoms with Crippen LogP contribution in [0.15, 0.2) is 23.8 Å². The molecule has 1 aromatic carbocycles. The molecule has 0 saturated heterocycles. The summed E-state index contributed by atoms with van der Waals surface area (Å²) in [6.07, 6.45) is 8.60. The number of hydrogen-bond acceptors (Lipinski definition) is 3. The minimum atomic E-state index is -0.135. The summed E-state index contributed by atoms with van der Waals surface area (Å²) in [7, 11) is 0. The highest BCUT2D eigenvalue weighted by atomic mass is 16.5. The number of ketones is 1. The first-order valence-corrected chi connectivity index (χ1v) is 9.30. The third-order valence-corrected chi connectivity index (χ3v) is 5.20. The van der Waals surface area contributed by atoms with E-state index in [2.05, 4.69) is 18.3 Å². The second kappa shape index (κ2) is 7.85. The van der Waals surface area contributed by atoms with E-state index < -0.39 is 0 Å². The highest BCUT2D eigenvalue weighted by Gasteiger charge is 2.31. The van der Waals surface area contributed by atoms with Crippen molar-refractivity contribution in [2.75, 3.05) is 13.2 Å². The van der Waals surface area contributed by atoms with E-state index in [0.29, 0.717) is 24.3 Å². The Morgan fingerprint density at radius 2 is 2.16 bits per heavy atom. The number of nitrogens with one attached hydrogen (secondary N) is 1. The fraction of sp³-hybridized carbons (Fsp3) is 0.524. The molecule has 0 radical (unpaired) electrons. The molecule has 0 aliphatic heterocycles. The summed E-state index contributed by atoms with van der Waals surface area (Å²) in [6, 6.07) is 3.78. The second-order valence-electron chi connectivity index (χ2n) is 7.19. The Morgan fingerprint density at radius 3 is 2.92 bits per heavy atom. The second-order valence-corrected chi connectivity index (χ2v) is 7.19. The van der Waals surface area contributed by atoms with E-state index in [-0.39, 0.29) is 24.2 Å². The summed E-state index contributed by atoms with van der Waals surface area (Å²) >= 11 is 0. The van der Waals surface area contributed by atoms with Crippen LogP contribution >= 0.6 is 0 Å². The van der Waals surface area contributed by atoms with Crippen molar-refractivity contribution in [1.82, 2.24) is 5.32 Å². The van der Waals surface area contributed by atoms with Crippen molar-refractivity contribution < 1.29 is 14.3 Å². The van der Waals surface area contributed by atoms with Gasteiger partial charge in [0.15, 0.2) is 12.4 Å². The smallest absolute Gasteiger partial charge is 0.257 e. The molecular formula is C21H27NO3. The van der Waals surface area contributed by atoms with Gasteiger partial charge in [-0.25, -0.2) is 0 Å². The molecule has 2 aliphatic rings. The van der Waals surface area contributed by atoms with Gasteiger partial charge >= 0.3 is 0 Å². The number of fused-ring (bicyclic) bond motifs is 1. The molecule has 2 aliphatic carbocycles. The number of carbonyl (C=O) groups excluding carboxylic acids is 2. The SMILES string of the molecule is Cc1ccc(OCC(=O)NCCC2=CCCCC2)c2c1[C@@H](C)CC2=O. The van der Waals surface area contributed by atoms with Crippen LogP contribution in [0.1, 0.15) is 72.9 Å². The van der Waals surface area contributed by atoms with Crippen LogP contribution < -0.4 is 10.1 Å². The molecule has 0 bridgehead atoms. The average molecular weight is 341 g/mol. The lowest BCUT2D eigenvalue weighted by Gasteiger charge is -2.14. The first-order chi connectivity index (χ1) is 12.1. The van der Waals surface area contributed by atoms with E-state index in [0.717, 1.165) is 30.4 Å². The number of rotatable bonds is 6. The Labute approximate surface area is 149 Å². The molecule has 1 amide bonds. The van der Waals surface area contributed by atoms with Crippen LogP contribution in [-0.4, -0.2) is 24.8 Å². The van der Waals surface area contributed by atoms with Crippen molar-refractivity contribution in [2.24, 2.45) is 0 Å². The fourth-order valence-electron chi connectivity index (χ4n) is 3.92. The molecule has 0 heterocycles. The third kappa shape index (κ3) is 4.12. The standard InChI is InChI=1S/C21H27NO3/c1-14-8-9-18(21-17(23)12-15(2)20(14)21)25-13-19(24)22-11-10-16-6-4-3-5-7-16/h6,8-9,15H,3-5,7,10-13H2,1-2H3,(H,22,24)/t15-/m0/s1. The number of benzene rings is 1. The molecule has 134 valence electrons.